The molecule has 0 aliphatic carbocycles. The minimum atomic E-state index is -0.0557. The van der Waals surface area contributed by atoms with Crippen molar-refractivity contribution >= 4 is 11.8 Å². The second-order valence-corrected chi connectivity index (χ2v) is 6.74. The summed E-state index contributed by atoms with van der Waals surface area (Å²) in [6.45, 7) is 3.39. The Kier molecular flexibility index (Phi) is 6.47. The molecule has 0 radical (unpaired) electrons. The van der Waals surface area contributed by atoms with Crippen molar-refractivity contribution in [1.29, 1.82) is 0 Å². The number of likely N-dealkylation sites (tertiary alicyclic amines) is 1. The molecule has 5 heteroatoms. The van der Waals surface area contributed by atoms with Gasteiger partial charge in [0.25, 0.3) is 11.8 Å². The number of aryl methyl sites for hydroxylation is 1. The van der Waals surface area contributed by atoms with E-state index in [1.807, 2.05) is 47.4 Å². The van der Waals surface area contributed by atoms with Crippen LogP contribution in [0, 0.1) is 0 Å². The molecular weight excluding hydrogens is 340 g/mol. The average molecular weight is 366 g/mol. The van der Waals surface area contributed by atoms with E-state index in [9.17, 15) is 9.59 Å². The molecule has 0 spiro atoms. The van der Waals surface area contributed by atoms with Crippen molar-refractivity contribution in [3.05, 3.63) is 65.7 Å². The molecule has 0 aromatic heterocycles. The van der Waals surface area contributed by atoms with Crippen molar-refractivity contribution in [2.24, 2.45) is 0 Å². The van der Waals surface area contributed by atoms with E-state index in [1.54, 1.807) is 12.1 Å². The molecule has 0 unspecified atom stereocenters. The highest BCUT2D eigenvalue weighted by Crippen LogP contribution is 2.19. The van der Waals surface area contributed by atoms with Crippen LogP contribution in [-0.4, -0.2) is 42.5 Å². The van der Waals surface area contributed by atoms with Gasteiger partial charge in [0.2, 0.25) is 0 Å². The highest BCUT2D eigenvalue weighted by Gasteiger charge is 2.24. The van der Waals surface area contributed by atoms with Gasteiger partial charge in [0.1, 0.15) is 5.75 Å². The lowest BCUT2D eigenvalue weighted by Crippen LogP contribution is -2.47. The van der Waals surface area contributed by atoms with E-state index in [2.05, 4.69) is 12.2 Å². The average Bonchev–Trinajstić information content (AvgIpc) is 2.73. The molecule has 2 aromatic carbocycles. The first-order chi connectivity index (χ1) is 13.2. The van der Waals surface area contributed by atoms with Gasteiger partial charge >= 0.3 is 0 Å². The zero-order chi connectivity index (χ0) is 19.1. The maximum Gasteiger partial charge on any atom is 0.260 e. The van der Waals surface area contributed by atoms with E-state index < -0.39 is 0 Å². The van der Waals surface area contributed by atoms with Crippen LogP contribution in [0.1, 0.15) is 35.7 Å². The van der Waals surface area contributed by atoms with E-state index in [1.165, 1.54) is 0 Å². The first-order valence-electron chi connectivity index (χ1n) is 9.51. The molecule has 1 aliphatic rings. The van der Waals surface area contributed by atoms with Crippen LogP contribution >= 0.6 is 0 Å². The number of hydrogen-bond acceptors (Lipinski definition) is 3. The molecule has 0 saturated carbocycles. The summed E-state index contributed by atoms with van der Waals surface area (Å²) in [5, 5.41) is 3.06. The number of rotatable bonds is 6. The number of amides is 2. The Morgan fingerprint density at radius 1 is 1.04 bits per heavy atom. The summed E-state index contributed by atoms with van der Waals surface area (Å²) >= 11 is 0. The first kappa shape index (κ1) is 19.0. The van der Waals surface area contributed by atoms with Gasteiger partial charge in [-0.25, -0.2) is 0 Å². The summed E-state index contributed by atoms with van der Waals surface area (Å²) < 4.78 is 5.73. The van der Waals surface area contributed by atoms with Gasteiger partial charge in [0.05, 0.1) is 0 Å². The zero-order valence-corrected chi connectivity index (χ0v) is 15.7. The molecule has 1 fully saturated rings. The van der Waals surface area contributed by atoms with Gasteiger partial charge in [-0.05, 0) is 43.0 Å². The molecule has 5 nitrogen and oxygen atoms in total. The third-order valence-electron chi connectivity index (χ3n) is 4.92. The van der Waals surface area contributed by atoms with E-state index in [0.717, 1.165) is 30.6 Å². The quantitative estimate of drug-likeness (QED) is 0.855. The Balaban J connectivity index is 1.44. The number of para-hydroxylation sites is 1. The molecule has 1 heterocycles. The molecule has 0 atom stereocenters. The second-order valence-electron chi connectivity index (χ2n) is 6.74. The van der Waals surface area contributed by atoms with Crippen LogP contribution in [0.4, 0.5) is 0 Å². The van der Waals surface area contributed by atoms with E-state index in [0.29, 0.717) is 18.7 Å². The van der Waals surface area contributed by atoms with Crippen LogP contribution < -0.4 is 10.1 Å². The zero-order valence-electron chi connectivity index (χ0n) is 15.7. The first-order valence-corrected chi connectivity index (χ1v) is 9.51. The monoisotopic (exact) mass is 366 g/mol. The number of nitrogens with one attached hydrogen (secondary N) is 1. The number of carbonyl (C=O) groups is 2. The third kappa shape index (κ3) is 5.09. The molecule has 1 saturated heterocycles. The van der Waals surface area contributed by atoms with Crippen molar-refractivity contribution in [2.45, 2.75) is 32.2 Å². The normalized spacial score (nSPS) is 14.6. The standard InChI is InChI=1S/C22H26N2O3/c1-2-17-8-6-7-11-20(17)27-16-21(25)24-14-12-19(13-15-24)23-22(26)18-9-4-3-5-10-18/h3-11,19H,2,12-16H2,1H3,(H,23,26). The topological polar surface area (TPSA) is 58.6 Å². The maximum atomic E-state index is 12.4. The number of hydrogen-bond donors (Lipinski definition) is 1. The fourth-order valence-corrected chi connectivity index (χ4v) is 3.30. The molecule has 1 aliphatic heterocycles. The summed E-state index contributed by atoms with van der Waals surface area (Å²) in [5.74, 6) is 0.715. The molecule has 2 amide bonds. The minimum Gasteiger partial charge on any atom is -0.483 e. The largest absolute Gasteiger partial charge is 0.483 e. The predicted molar refractivity (Wildman–Crippen MR) is 105 cm³/mol. The van der Waals surface area contributed by atoms with Gasteiger partial charge < -0.3 is 15.0 Å². The van der Waals surface area contributed by atoms with Crippen LogP contribution in [0.5, 0.6) is 5.75 Å². The van der Waals surface area contributed by atoms with Gasteiger partial charge in [-0.1, -0.05) is 43.3 Å². The van der Waals surface area contributed by atoms with Crippen LogP contribution in [0.2, 0.25) is 0 Å². The molecular formula is C22H26N2O3. The van der Waals surface area contributed by atoms with Crippen molar-refractivity contribution in [2.75, 3.05) is 19.7 Å². The Morgan fingerprint density at radius 2 is 1.70 bits per heavy atom. The third-order valence-corrected chi connectivity index (χ3v) is 4.92. The van der Waals surface area contributed by atoms with Gasteiger partial charge in [0.15, 0.2) is 6.61 Å². The molecule has 142 valence electrons. The Hall–Kier alpha value is -2.82. The van der Waals surface area contributed by atoms with Gasteiger partial charge in [-0.2, -0.15) is 0 Å². The van der Waals surface area contributed by atoms with Crippen molar-refractivity contribution < 1.29 is 14.3 Å². The van der Waals surface area contributed by atoms with Crippen LogP contribution in [-0.2, 0) is 11.2 Å². The Bertz CT molecular complexity index is 768. The Labute approximate surface area is 160 Å². The van der Waals surface area contributed by atoms with Gasteiger partial charge in [-0.15, -0.1) is 0 Å². The van der Waals surface area contributed by atoms with Crippen molar-refractivity contribution in [1.82, 2.24) is 10.2 Å². The van der Waals surface area contributed by atoms with E-state index in [4.69, 9.17) is 4.74 Å². The minimum absolute atomic E-state index is 0.00579. The number of piperidine rings is 1. The number of ether oxygens (including phenoxy) is 1. The number of benzene rings is 2. The van der Waals surface area contributed by atoms with Crippen LogP contribution in [0.25, 0.3) is 0 Å². The second kappa shape index (κ2) is 9.21. The lowest BCUT2D eigenvalue weighted by Gasteiger charge is -2.32. The van der Waals surface area contributed by atoms with Crippen molar-refractivity contribution in [3.63, 3.8) is 0 Å². The summed E-state index contributed by atoms with van der Waals surface area (Å²) in [7, 11) is 0. The molecule has 27 heavy (non-hydrogen) atoms. The SMILES string of the molecule is CCc1ccccc1OCC(=O)N1CCC(NC(=O)c2ccccc2)CC1. The number of nitrogens with zero attached hydrogens (tertiary/aromatic N) is 1. The van der Waals surface area contributed by atoms with Gasteiger partial charge in [0, 0.05) is 24.7 Å². The summed E-state index contributed by atoms with van der Waals surface area (Å²) in [6, 6.07) is 17.1. The summed E-state index contributed by atoms with van der Waals surface area (Å²) in [4.78, 5) is 26.5. The summed E-state index contributed by atoms with van der Waals surface area (Å²) in [5.41, 5.74) is 1.77. The molecule has 2 aromatic rings. The molecule has 1 N–H and O–H groups in total. The van der Waals surface area contributed by atoms with Gasteiger partial charge in [-0.3, -0.25) is 9.59 Å². The molecule has 0 bridgehead atoms. The van der Waals surface area contributed by atoms with Crippen molar-refractivity contribution in [3.8, 4) is 5.75 Å². The summed E-state index contributed by atoms with van der Waals surface area (Å²) in [6.07, 6.45) is 2.39. The maximum absolute atomic E-state index is 12.4. The van der Waals surface area contributed by atoms with E-state index in [-0.39, 0.29) is 24.5 Å². The fourth-order valence-electron chi connectivity index (χ4n) is 3.30. The Morgan fingerprint density at radius 3 is 2.41 bits per heavy atom. The lowest BCUT2D eigenvalue weighted by atomic mass is 10.0. The van der Waals surface area contributed by atoms with E-state index >= 15 is 0 Å². The molecule has 3 rings (SSSR count). The van der Waals surface area contributed by atoms with Crippen LogP contribution in [0.15, 0.2) is 54.6 Å². The van der Waals surface area contributed by atoms with Crippen LogP contribution in [0.3, 0.4) is 0 Å². The number of carbonyl (C=O) groups excluding carboxylic acids is 2. The highest BCUT2D eigenvalue weighted by atomic mass is 16.5. The highest BCUT2D eigenvalue weighted by molar-refractivity contribution is 5.94. The lowest BCUT2D eigenvalue weighted by molar-refractivity contribution is -0.134. The fraction of sp³-hybridized carbons (Fsp3) is 0.364. The smallest absolute Gasteiger partial charge is 0.260 e. The predicted octanol–water partition coefficient (Wildman–Crippen LogP) is 3.05.